The highest BCUT2D eigenvalue weighted by molar-refractivity contribution is 6.34. The Labute approximate surface area is 248 Å². The van der Waals surface area contributed by atoms with Crippen molar-refractivity contribution < 1.29 is 33.6 Å². The van der Waals surface area contributed by atoms with Crippen LogP contribution >= 0.6 is 34.8 Å². The monoisotopic (exact) mass is 609 g/mol. The van der Waals surface area contributed by atoms with Crippen molar-refractivity contribution in [1.82, 2.24) is 4.90 Å². The molecule has 214 valence electrons. The normalized spacial score (nSPS) is 11.5. The van der Waals surface area contributed by atoms with E-state index in [0.29, 0.717) is 52.7 Å². The third-order valence-electron chi connectivity index (χ3n) is 5.59. The van der Waals surface area contributed by atoms with Gasteiger partial charge in [0.2, 0.25) is 0 Å². The van der Waals surface area contributed by atoms with E-state index in [1.807, 2.05) is 0 Å². The van der Waals surface area contributed by atoms with Crippen LogP contribution in [0.3, 0.4) is 0 Å². The van der Waals surface area contributed by atoms with Gasteiger partial charge in [-0.1, -0.05) is 59.1 Å². The molecule has 40 heavy (non-hydrogen) atoms. The van der Waals surface area contributed by atoms with Gasteiger partial charge < -0.3 is 29.0 Å². The molecule has 0 aliphatic rings. The molecule has 1 N–H and O–H groups in total. The first kappa shape index (κ1) is 31.4. The van der Waals surface area contributed by atoms with Gasteiger partial charge in [0.1, 0.15) is 18.1 Å². The minimum Gasteiger partial charge on any atom is -0.493 e. The van der Waals surface area contributed by atoms with Gasteiger partial charge >= 0.3 is 12.1 Å². The summed E-state index contributed by atoms with van der Waals surface area (Å²) >= 11 is 18.2. The zero-order valence-electron chi connectivity index (χ0n) is 21.9. The summed E-state index contributed by atoms with van der Waals surface area (Å²) in [6.45, 7) is 3.14. The van der Waals surface area contributed by atoms with Crippen molar-refractivity contribution >= 4 is 46.9 Å². The predicted octanol–water partition coefficient (Wildman–Crippen LogP) is 7.03. The fourth-order valence-corrected chi connectivity index (χ4v) is 4.35. The maximum absolute atomic E-state index is 13.0. The number of carboxylic acid groups (broad SMARTS) is 1. The molecule has 0 fully saturated rings. The largest absolute Gasteiger partial charge is 0.493 e. The number of benzene rings is 3. The Morgan fingerprint density at radius 2 is 1.55 bits per heavy atom. The Morgan fingerprint density at radius 3 is 2.20 bits per heavy atom. The quantitative estimate of drug-likeness (QED) is 0.185. The first-order chi connectivity index (χ1) is 19.2. The highest BCUT2D eigenvalue weighted by Gasteiger charge is 2.19. The molecule has 8 nitrogen and oxygen atoms in total. The zero-order chi connectivity index (χ0) is 28.9. The van der Waals surface area contributed by atoms with Crippen molar-refractivity contribution in [3.05, 3.63) is 87.4 Å². The lowest BCUT2D eigenvalue weighted by Crippen LogP contribution is -2.38. The molecule has 3 aromatic carbocycles. The highest BCUT2D eigenvalue weighted by atomic mass is 35.5. The van der Waals surface area contributed by atoms with Gasteiger partial charge in [-0.2, -0.15) is 0 Å². The van der Waals surface area contributed by atoms with Crippen molar-refractivity contribution in [2.75, 3.05) is 32.9 Å². The van der Waals surface area contributed by atoms with E-state index in [2.05, 4.69) is 0 Å². The molecule has 0 aromatic heterocycles. The summed E-state index contributed by atoms with van der Waals surface area (Å²) in [5.74, 6) is 0.359. The van der Waals surface area contributed by atoms with Crippen LogP contribution in [0.5, 0.6) is 17.2 Å². The topological polar surface area (TPSA) is 94.5 Å². The Hall–Kier alpha value is -3.17. The summed E-state index contributed by atoms with van der Waals surface area (Å²) in [7, 11) is 0. The smallest absolute Gasteiger partial charge is 0.415 e. The van der Waals surface area contributed by atoms with E-state index in [4.69, 9.17) is 53.8 Å². The standard InChI is InChI=1S/C29H30Cl3NO7/c1-2-37-27(28(34)35)16-20-8-10-23(11-9-20)39-15-13-33(29(36)40-26-7-4-3-6-25(26)32)12-5-14-38-24-18-21(30)17-22(31)19-24/h3-4,6-11,17-19,27H,2,5,12-16H2,1H3,(H,34,35). The van der Waals surface area contributed by atoms with Crippen LogP contribution in [-0.2, 0) is 16.0 Å². The minimum atomic E-state index is -1.01. The second kappa shape index (κ2) is 16.2. The summed E-state index contributed by atoms with van der Waals surface area (Å²) in [4.78, 5) is 25.8. The van der Waals surface area contributed by atoms with Crippen LogP contribution in [0.4, 0.5) is 4.79 Å². The second-order valence-electron chi connectivity index (χ2n) is 8.57. The Morgan fingerprint density at radius 1 is 0.875 bits per heavy atom. The number of hydrogen-bond donors (Lipinski definition) is 1. The first-order valence-corrected chi connectivity index (χ1v) is 13.7. The first-order valence-electron chi connectivity index (χ1n) is 12.6. The summed E-state index contributed by atoms with van der Waals surface area (Å²) in [5, 5.41) is 10.5. The molecule has 1 unspecified atom stereocenters. The van der Waals surface area contributed by atoms with E-state index in [9.17, 15) is 14.7 Å². The summed E-state index contributed by atoms with van der Waals surface area (Å²) in [5.41, 5.74) is 0.805. The Bertz CT molecular complexity index is 1240. The molecule has 1 amide bonds. The minimum absolute atomic E-state index is 0.193. The van der Waals surface area contributed by atoms with Gasteiger partial charge in [-0.05, 0) is 61.4 Å². The van der Waals surface area contributed by atoms with Crippen molar-refractivity contribution in [1.29, 1.82) is 0 Å². The van der Waals surface area contributed by atoms with Gasteiger partial charge in [0.15, 0.2) is 11.9 Å². The third-order valence-corrected chi connectivity index (χ3v) is 6.34. The maximum atomic E-state index is 13.0. The summed E-state index contributed by atoms with van der Waals surface area (Å²) in [6.07, 6.45) is -0.738. The van der Waals surface area contributed by atoms with Crippen LogP contribution in [0.15, 0.2) is 66.7 Å². The molecule has 0 spiro atoms. The van der Waals surface area contributed by atoms with E-state index < -0.39 is 18.2 Å². The number of rotatable bonds is 15. The molecule has 0 saturated carbocycles. The highest BCUT2D eigenvalue weighted by Crippen LogP contribution is 2.25. The summed E-state index contributed by atoms with van der Waals surface area (Å²) in [6, 6.07) is 18.7. The average molecular weight is 611 g/mol. The fourth-order valence-electron chi connectivity index (χ4n) is 3.67. The molecule has 0 saturated heterocycles. The van der Waals surface area contributed by atoms with Gasteiger partial charge in [-0.25, -0.2) is 9.59 Å². The molecule has 0 radical (unpaired) electrons. The third kappa shape index (κ3) is 10.4. The molecule has 0 bridgehead atoms. The molecule has 3 rings (SSSR count). The molecule has 11 heteroatoms. The van der Waals surface area contributed by atoms with E-state index in [1.54, 1.807) is 73.7 Å². The van der Waals surface area contributed by atoms with E-state index >= 15 is 0 Å². The van der Waals surface area contributed by atoms with Gasteiger partial charge in [0.05, 0.1) is 18.2 Å². The lowest BCUT2D eigenvalue weighted by Gasteiger charge is -2.22. The SMILES string of the molecule is CCOC(Cc1ccc(OCCN(CCCOc2cc(Cl)cc(Cl)c2)C(=O)Oc2ccccc2Cl)cc1)C(=O)O. The second-order valence-corrected chi connectivity index (χ2v) is 9.85. The van der Waals surface area contributed by atoms with Gasteiger partial charge in [-0.15, -0.1) is 0 Å². The van der Waals surface area contributed by atoms with Crippen LogP contribution in [0.2, 0.25) is 15.1 Å². The van der Waals surface area contributed by atoms with Gasteiger partial charge in [-0.3, -0.25) is 0 Å². The van der Waals surface area contributed by atoms with Crippen LogP contribution in [0.1, 0.15) is 18.9 Å². The van der Waals surface area contributed by atoms with Crippen molar-refractivity contribution in [3.63, 3.8) is 0 Å². The van der Waals surface area contributed by atoms with E-state index in [1.165, 1.54) is 4.90 Å². The Kier molecular flexibility index (Phi) is 12.7. The van der Waals surface area contributed by atoms with Gasteiger partial charge in [0, 0.05) is 29.6 Å². The number of hydrogen-bond acceptors (Lipinski definition) is 6. The number of carboxylic acids is 1. The molecule has 3 aromatic rings. The number of nitrogens with zero attached hydrogens (tertiary/aromatic N) is 1. The number of halogens is 3. The molecule has 0 aliphatic carbocycles. The van der Waals surface area contributed by atoms with E-state index in [0.717, 1.165) is 5.56 Å². The number of ether oxygens (including phenoxy) is 4. The summed E-state index contributed by atoms with van der Waals surface area (Å²) < 4.78 is 22.3. The predicted molar refractivity (Wildman–Crippen MR) is 154 cm³/mol. The number of aliphatic carboxylic acids is 1. The average Bonchev–Trinajstić information content (AvgIpc) is 2.91. The molecular formula is C29H30Cl3NO7. The van der Waals surface area contributed by atoms with Crippen LogP contribution in [0.25, 0.3) is 0 Å². The van der Waals surface area contributed by atoms with Crippen LogP contribution in [0, 0.1) is 0 Å². The molecule has 0 aliphatic heterocycles. The fraction of sp³-hybridized carbons (Fsp3) is 0.310. The Balaban J connectivity index is 1.56. The molecular weight excluding hydrogens is 581 g/mol. The van der Waals surface area contributed by atoms with Crippen LogP contribution < -0.4 is 14.2 Å². The lowest BCUT2D eigenvalue weighted by molar-refractivity contribution is -0.149. The maximum Gasteiger partial charge on any atom is 0.415 e. The zero-order valence-corrected chi connectivity index (χ0v) is 24.1. The number of para-hydroxylation sites is 1. The number of carbonyl (C=O) groups is 2. The van der Waals surface area contributed by atoms with Crippen molar-refractivity contribution in [2.45, 2.75) is 25.9 Å². The number of carbonyl (C=O) groups excluding carboxylic acids is 1. The molecule has 1 atom stereocenters. The van der Waals surface area contributed by atoms with Crippen molar-refractivity contribution in [3.8, 4) is 17.2 Å². The van der Waals surface area contributed by atoms with E-state index in [-0.39, 0.29) is 25.3 Å². The number of amides is 1. The van der Waals surface area contributed by atoms with Gasteiger partial charge in [0.25, 0.3) is 0 Å². The molecule has 0 heterocycles. The lowest BCUT2D eigenvalue weighted by atomic mass is 10.1. The van der Waals surface area contributed by atoms with Crippen LogP contribution in [-0.4, -0.2) is 61.1 Å². The van der Waals surface area contributed by atoms with Crippen molar-refractivity contribution in [2.24, 2.45) is 0 Å².